The Morgan fingerprint density at radius 2 is 2.08 bits per heavy atom. The summed E-state index contributed by atoms with van der Waals surface area (Å²) in [5.41, 5.74) is 1.95. The third-order valence-corrected chi connectivity index (χ3v) is 3.78. The Labute approximate surface area is 143 Å². The number of nitrogens with zero attached hydrogens (tertiary/aromatic N) is 5. The van der Waals surface area contributed by atoms with E-state index in [1.54, 1.807) is 43.2 Å². The number of amides is 1. The number of nitrogens with one attached hydrogen (secondary N) is 1. The minimum atomic E-state index is -0.486. The van der Waals surface area contributed by atoms with Crippen molar-refractivity contribution < 1.29 is 9.72 Å². The lowest BCUT2D eigenvalue weighted by Gasteiger charge is -2.11. The zero-order chi connectivity index (χ0) is 18.0. The van der Waals surface area contributed by atoms with Crippen LogP contribution in [-0.4, -0.2) is 30.2 Å². The Kier molecular flexibility index (Phi) is 4.29. The second-order valence-electron chi connectivity index (χ2n) is 5.47. The van der Waals surface area contributed by atoms with E-state index in [9.17, 15) is 14.9 Å². The molecular weight excluding hydrogens is 324 g/mol. The molecule has 0 aliphatic carbocycles. The van der Waals surface area contributed by atoms with Crippen LogP contribution in [0.4, 0.5) is 11.4 Å². The van der Waals surface area contributed by atoms with E-state index >= 15 is 0 Å². The summed E-state index contributed by atoms with van der Waals surface area (Å²) in [6.45, 7) is 3.01. The molecule has 0 bridgehead atoms. The van der Waals surface area contributed by atoms with Crippen LogP contribution in [0.3, 0.4) is 0 Å². The van der Waals surface area contributed by atoms with Gasteiger partial charge in [0.05, 0.1) is 22.6 Å². The molecule has 0 spiro atoms. The first-order valence-corrected chi connectivity index (χ1v) is 7.53. The summed E-state index contributed by atoms with van der Waals surface area (Å²) in [4.78, 5) is 26.9. The van der Waals surface area contributed by atoms with E-state index in [1.807, 2.05) is 18.2 Å². The van der Waals surface area contributed by atoms with Crippen molar-refractivity contribution in [2.24, 2.45) is 0 Å². The Balaban J connectivity index is 1.81. The van der Waals surface area contributed by atoms with Gasteiger partial charge in [0.2, 0.25) is 5.91 Å². The van der Waals surface area contributed by atoms with Crippen LogP contribution in [0.2, 0.25) is 0 Å². The number of hydrogen-bond acceptors (Lipinski definition) is 5. The van der Waals surface area contributed by atoms with Crippen LogP contribution in [0.15, 0.2) is 43.0 Å². The first-order valence-electron chi connectivity index (χ1n) is 7.53. The topological polar surface area (TPSA) is 108 Å². The summed E-state index contributed by atoms with van der Waals surface area (Å²) in [7, 11) is 0. The molecule has 2 heterocycles. The number of imidazole rings is 1. The quantitative estimate of drug-likeness (QED) is 0.566. The molecule has 0 saturated heterocycles. The van der Waals surface area contributed by atoms with Crippen LogP contribution in [0.1, 0.15) is 11.4 Å². The van der Waals surface area contributed by atoms with Gasteiger partial charge in [-0.2, -0.15) is 5.10 Å². The van der Waals surface area contributed by atoms with Crippen LogP contribution in [0.25, 0.3) is 5.69 Å². The number of para-hydroxylation sites is 2. The van der Waals surface area contributed by atoms with Gasteiger partial charge in [0.25, 0.3) is 0 Å². The van der Waals surface area contributed by atoms with Crippen molar-refractivity contribution in [3.63, 3.8) is 0 Å². The second kappa shape index (κ2) is 6.56. The van der Waals surface area contributed by atoms with Crippen molar-refractivity contribution in [1.82, 2.24) is 19.3 Å². The lowest BCUT2D eigenvalue weighted by Crippen LogP contribution is -2.21. The highest BCUT2D eigenvalue weighted by molar-refractivity contribution is 5.92. The lowest BCUT2D eigenvalue weighted by atomic mass is 10.2. The molecular formula is C16H16N6O3. The number of rotatable bonds is 5. The van der Waals surface area contributed by atoms with Crippen molar-refractivity contribution in [2.75, 3.05) is 5.32 Å². The largest absolute Gasteiger partial charge is 0.323 e. The van der Waals surface area contributed by atoms with Gasteiger partial charge in [-0.1, -0.05) is 12.1 Å². The third kappa shape index (κ3) is 3.25. The molecule has 3 rings (SSSR count). The molecule has 9 heteroatoms. The SMILES string of the molecule is Cc1nn(CC(=O)Nc2ccccc2-n2ccnc2)c(C)c1[N+](=O)[O-]. The maximum atomic E-state index is 12.4. The van der Waals surface area contributed by atoms with Gasteiger partial charge in [0, 0.05) is 12.4 Å². The number of hydrogen-bond donors (Lipinski definition) is 1. The Morgan fingerprint density at radius 3 is 2.72 bits per heavy atom. The van der Waals surface area contributed by atoms with Crippen LogP contribution in [0.5, 0.6) is 0 Å². The van der Waals surface area contributed by atoms with E-state index < -0.39 is 4.92 Å². The fraction of sp³-hybridized carbons (Fsp3) is 0.188. The molecule has 0 aliphatic rings. The smallest absolute Gasteiger partial charge is 0.312 e. The number of nitro groups is 1. The molecule has 9 nitrogen and oxygen atoms in total. The summed E-state index contributed by atoms with van der Waals surface area (Å²) in [6, 6.07) is 7.29. The number of aryl methyl sites for hydroxylation is 1. The maximum absolute atomic E-state index is 12.4. The molecule has 0 saturated carbocycles. The van der Waals surface area contributed by atoms with Gasteiger partial charge < -0.3 is 9.88 Å². The first kappa shape index (κ1) is 16.4. The van der Waals surface area contributed by atoms with Crippen LogP contribution < -0.4 is 5.32 Å². The fourth-order valence-corrected chi connectivity index (χ4v) is 2.64. The molecule has 128 valence electrons. The molecule has 2 aromatic heterocycles. The van der Waals surface area contributed by atoms with Gasteiger partial charge >= 0.3 is 5.69 Å². The Morgan fingerprint density at radius 1 is 1.32 bits per heavy atom. The Hall–Kier alpha value is -3.49. The van der Waals surface area contributed by atoms with E-state index in [4.69, 9.17) is 0 Å². The average molecular weight is 340 g/mol. The summed E-state index contributed by atoms with van der Waals surface area (Å²) < 4.78 is 3.12. The molecule has 1 N–H and O–H groups in total. The summed E-state index contributed by atoms with van der Waals surface area (Å²) in [5, 5.41) is 18.0. The predicted octanol–water partition coefficient (Wildman–Crippen LogP) is 2.23. The summed E-state index contributed by atoms with van der Waals surface area (Å²) in [5.74, 6) is -0.326. The van der Waals surface area contributed by atoms with Gasteiger partial charge in [-0.3, -0.25) is 19.6 Å². The minimum Gasteiger partial charge on any atom is -0.323 e. The second-order valence-corrected chi connectivity index (χ2v) is 5.47. The van der Waals surface area contributed by atoms with Crippen molar-refractivity contribution in [1.29, 1.82) is 0 Å². The number of anilines is 1. The average Bonchev–Trinajstić information content (AvgIpc) is 3.17. The molecule has 1 amide bonds. The third-order valence-electron chi connectivity index (χ3n) is 3.78. The number of carbonyl (C=O) groups is 1. The molecule has 1 aromatic carbocycles. The maximum Gasteiger partial charge on any atom is 0.312 e. The van der Waals surface area contributed by atoms with Crippen molar-refractivity contribution in [3.8, 4) is 5.69 Å². The van der Waals surface area contributed by atoms with E-state index in [0.29, 0.717) is 11.4 Å². The highest BCUT2D eigenvalue weighted by Crippen LogP contribution is 2.22. The van der Waals surface area contributed by atoms with E-state index in [1.165, 1.54) is 4.68 Å². The Bertz CT molecular complexity index is 930. The first-order chi connectivity index (χ1) is 12.0. The van der Waals surface area contributed by atoms with E-state index in [0.717, 1.165) is 5.69 Å². The monoisotopic (exact) mass is 340 g/mol. The molecule has 3 aromatic rings. The molecule has 25 heavy (non-hydrogen) atoms. The molecule has 0 radical (unpaired) electrons. The zero-order valence-electron chi connectivity index (χ0n) is 13.7. The molecule has 0 atom stereocenters. The van der Waals surface area contributed by atoms with Crippen LogP contribution in [0, 0.1) is 24.0 Å². The van der Waals surface area contributed by atoms with Crippen molar-refractivity contribution in [3.05, 3.63) is 64.5 Å². The van der Waals surface area contributed by atoms with Gasteiger partial charge in [-0.05, 0) is 26.0 Å². The zero-order valence-corrected chi connectivity index (χ0v) is 13.7. The highest BCUT2D eigenvalue weighted by atomic mass is 16.6. The predicted molar refractivity (Wildman–Crippen MR) is 90.5 cm³/mol. The van der Waals surface area contributed by atoms with Crippen LogP contribution >= 0.6 is 0 Å². The minimum absolute atomic E-state index is 0.0633. The van der Waals surface area contributed by atoms with Gasteiger partial charge in [-0.15, -0.1) is 0 Å². The number of carbonyl (C=O) groups excluding carboxylic acids is 1. The lowest BCUT2D eigenvalue weighted by molar-refractivity contribution is -0.386. The molecule has 0 unspecified atom stereocenters. The summed E-state index contributed by atoms with van der Waals surface area (Å²) in [6.07, 6.45) is 5.05. The highest BCUT2D eigenvalue weighted by Gasteiger charge is 2.22. The molecule has 0 fully saturated rings. The van der Waals surface area contributed by atoms with Gasteiger partial charge in [0.1, 0.15) is 17.9 Å². The number of benzene rings is 1. The fourth-order valence-electron chi connectivity index (χ4n) is 2.64. The van der Waals surface area contributed by atoms with Crippen molar-refractivity contribution >= 4 is 17.3 Å². The van der Waals surface area contributed by atoms with E-state index in [-0.39, 0.29) is 23.8 Å². The van der Waals surface area contributed by atoms with Gasteiger partial charge in [-0.25, -0.2) is 4.98 Å². The summed E-state index contributed by atoms with van der Waals surface area (Å²) >= 11 is 0. The van der Waals surface area contributed by atoms with E-state index in [2.05, 4.69) is 15.4 Å². The molecule has 0 aliphatic heterocycles. The van der Waals surface area contributed by atoms with Gasteiger partial charge in [0.15, 0.2) is 0 Å². The number of aromatic nitrogens is 4. The normalized spacial score (nSPS) is 10.6. The van der Waals surface area contributed by atoms with Crippen molar-refractivity contribution in [2.45, 2.75) is 20.4 Å². The standard InChI is InChI=1S/C16H16N6O3/c1-11-16(22(24)25)12(2)21(19-11)9-15(23)18-13-5-3-4-6-14(13)20-8-7-17-10-20/h3-8,10H,9H2,1-2H3,(H,18,23). The van der Waals surface area contributed by atoms with Crippen LogP contribution in [-0.2, 0) is 11.3 Å².